The number of rotatable bonds is 1. The first-order chi connectivity index (χ1) is 15.7. The minimum atomic E-state index is 0.652. The Bertz CT molecular complexity index is 1760. The minimum absolute atomic E-state index is 0.652. The molecule has 0 N–H and O–H groups in total. The van der Waals surface area contributed by atoms with Gasteiger partial charge in [0.2, 0.25) is 5.52 Å². The van der Waals surface area contributed by atoms with Crippen LogP contribution in [0.2, 0.25) is 0 Å². The van der Waals surface area contributed by atoms with Crippen molar-refractivity contribution in [3.63, 3.8) is 0 Å². The van der Waals surface area contributed by atoms with E-state index < -0.39 is 0 Å². The van der Waals surface area contributed by atoms with E-state index in [2.05, 4.69) is 83.7 Å². The van der Waals surface area contributed by atoms with Crippen LogP contribution in [-0.2, 0) is 7.05 Å². The number of hydrogen-bond donors (Lipinski definition) is 0. The Morgan fingerprint density at radius 2 is 1.78 bits per heavy atom. The second-order valence-corrected chi connectivity index (χ2v) is 9.56. The van der Waals surface area contributed by atoms with Gasteiger partial charge < -0.3 is 4.40 Å². The molecule has 7 rings (SSSR count). The third-order valence-electron chi connectivity index (χ3n) is 7.80. The van der Waals surface area contributed by atoms with Crippen molar-refractivity contribution < 1.29 is 4.57 Å². The van der Waals surface area contributed by atoms with Gasteiger partial charge in [-0.05, 0) is 60.4 Å². The summed E-state index contributed by atoms with van der Waals surface area (Å²) in [6, 6.07) is 20.3. The Kier molecular flexibility index (Phi) is 3.49. The van der Waals surface area contributed by atoms with E-state index in [1.54, 1.807) is 0 Å². The van der Waals surface area contributed by atoms with Crippen molar-refractivity contribution in [2.24, 2.45) is 7.05 Å². The maximum Gasteiger partial charge on any atom is 0.224 e. The average Bonchev–Trinajstić information content (AvgIpc) is 3.46. The molecule has 3 nitrogen and oxygen atoms in total. The summed E-state index contributed by atoms with van der Waals surface area (Å²) < 4.78 is 4.71. The fraction of sp³-hybridized carbons (Fsp3) is 0.241. The highest BCUT2D eigenvalue weighted by Crippen LogP contribution is 2.44. The Balaban J connectivity index is 1.85. The summed E-state index contributed by atoms with van der Waals surface area (Å²) in [5, 5.41) is 16.2. The maximum atomic E-state index is 10.0. The van der Waals surface area contributed by atoms with Crippen molar-refractivity contribution in [1.29, 1.82) is 5.26 Å². The number of fused-ring (bicyclic) bond motifs is 5. The Morgan fingerprint density at radius 3 is 2.59 bits per heavy atom. The largest absolute Gasteiger partial charge is 0.307 e. The lowest BCUT2D eigenvalue weighted by atomic mass is 9.92. The fourth-order valence-electron chi connectivity index (χ4n) is 6.41. The van der Waals surface area contributed by atoms with E-state index in [1.165, 1.54) is 69.5 Å². The molecule has 0 radical (unpaired) electrons. The summed E-state index contributed by atoms with van der Waals surface area (Å²) >= 11 is 0. The van der Waals surface area contributed by atoms with Gasteiger partial charge in [-0.25, -0.2) is 4.57 Å². The summed E-state index contributed by atoms with van der Waals surface area (Å²) in [4.78, 5) is 0. The Labute approximate surface area is 186 Å². The first-order valence-electron chi connectivity index (χ1n) is 11.6. The third-order valence-corrected chi connectivity index (χ3v) is 7.80. The second kappa shape index (κ2) is 6.20. The number of aryl methyl sites for hydroxylation is 2. The van der Waals surface area contributed by atoms with Crippen molar-refractivity contribution in [3.8, 4) is 6.07 Å². The van der Waals surface area contributed by atoms with E-state index in [4.69, 9.17) is 0 Å². The van der Waals surface area contributed by atoms with E-state index in [-0.39, 0.29) is 0 Å². The third kappa shape index (κ3) is 2.12. The summed E-state index contributed by atoms with van der Waals surface area (Å²) in [5.41, 5.74) is 8.29. The molecule has 1 fully saturated rings. The molecular weight excluding hydrogens is 390 g/mol. The van der Waals surface area contributed by atoms with Gasteiger partial charge in [-0.1, -0.05) is 37.1 Å². The topological polar surface area (TPSA) is 32.1 Å². The van der Waals surface area contributed by atoms with Crippen LogP contribution in [0.4, 0.5) is 0 Å². The normalized spacial score (nSPS) is 15.2. The van der Waals surface area contributed by atoms with Crippen LogP contribution in [0.5, 0.6) is 0 Å². The molecule has 0 aliphatic heterocycles. The minimum Gasteiger partial charge on any atom is -0.307 e. The van der Waals surface area contributed by atoms with Gasteiger partial charge in [-0.15, -0.1) is 0 Å². The van der Waals surface area contributed by atoms with Crippen LogP contribution in [0, 0.1) is 18.3 Å². The fourth-order valence-corrected chi connectivity index (χ4v) is 6.41. The molecule has 0 spiro atoms. The molecule has 0 amide bonds. The SMILES string of the molecule is Cc1cc(C#N)c2c3ccccc3n3c4cc(C5CCCC5)cc5cc[n+](C)c(c1c23)c54. The summed E-state index contributed by atoms with van der Waals surface area (Å²) in [6.45, 7) is 2.15. The van der Waals surface area contributed by atoms with E-state index >= 15 is 0 Å². The molecule has 1 aliphatic rings. The van der Waals surface area contributed by atoms with Gasteiger partial charge >= 0.3 is 0 Å². The van der Waals surface area contributed by atoms with Gasteiger partial charge in [-0.2, -0.15) is 5.26 Å². The number of hydrogen-bond acceptors (Lipinski definition) is 1. The van der Waals surface area contributed by atoms with Crippen LogP contribution < -0.4 is 4.57 Å². The smallest absolute Gasteiger partial charge is 0.224 e. The molecule has 3 aromatic carbocycles. The summed E-state index contributed by atoms with van der Waals surface area (Å²) in [7, 11) is 2.14. The lowest BCUT2D eigenvalue weighted by Crippen LogP contribution is -2.29. The van der Waals surface area contributed by atoms with Gasteiger partial charge in [0.1, 0.15) is 7.05 Å². The number of aromatic nitrogens is 2. The molecule has 0 unspecified atom stereocenters. The van der Waals surface area contributed by atoms with Crippen LogP contribution >= 0.6 is 0 Å². The van der Waals surface area contributed by atoms with E-state index in [1.807, 2.05) is 0 Å². The highest BCUT2D eigenvalue weighted by atomic mass is 15.0. The molecule has 32 heavy (non-hydrogen) atoms. The standard InChI is InChI=1S/C29H24N3/c1-17-13-21(16-30)26-22-9-5-6-10-23(22)32-24-15-20(18-7-3-4-8-18)14-19-11-12-31(2)28(27(19)24)25(17)29(26)32/h5-6,9-15,18H,3-4,7-8H2,1-2H3/q+1. The van der Waals surface area contributed by atoms with Crippen molar-refractivity contribution in [2.75, 3.05) is 0 Å². The molecule has 154 valence electrons. The quantitative estimate of drug-likeness (QED) is 0.168. The van der Waals surface area contributed by atoms with Crippen LogP contribution in [0.25, 0.3) is 49.0 Å². The highest BCUT2D eigenvalue weighted by molar-refractivity contribution is 6.26. The van der Waals surface area contributed by atoms with Gasteiger partial charge in [0.05, 0.1) is 39.0 Å². The number of benzene rings is 3. The lowest BCUT2D eigenvalue weighted by molar-refractivity contribution is -0.643. The predicted octanol–water partition coefficient (Wildman–Crippen LogP) is 6.65. The molecule has 0 atom stereocenters. The van der Waals surface area contributed by atoms with Crippen LogP contribution in [0.3, 0.4) is 0 Å². The van der Waals surface area contributed by atoms with E-state index in [0.29, 0.717) is 5.92 Å². The summed E-state index contributed by atoms with van der Waals surface area (Å²) in [5.74, 6) is 0.652. The van der Waals surface area contributed by atoms with Crippen molar-refractivity contribution in [2.45, 2.75) is 38.5 Å². The molecule has 3 heterocycles. The molecule has 1 aliphatic carbocycles. The summed E-state index contributed by atoms with van der Waals surface area (Å²) in [6.07, 6.45) is 7.43. The number of nitrogens with zero attached hydrogens (tertiary/aromatic N) is 3. The van der Waals surface area contributed by atoms with Crippen LogP contribution in [0.1, 0.15) is 48.3 Å². The number of pyridine rings is 2. The number of nitriles is 1. The first kappa shape index (κ1) is 18.0. The van der Waals surface area contributed by atoms with E-state index in [9.17, 15) is 5.26 Å². The molecule has 0 bridgehead atoms. The molecular formula is C29H24N3+. The highest BCUT2D eigenvalue weighted by Gasteiger charge is 2.27. The molecule has 0 saturated heterocycles. The van der Waals surface area contributed by atoms with Crippen LogP contribution in [-0.4, -0.2) is 4.40 Å². The van der Waals surface area contributed by atoms with Gasteiger partial charge in [0.25, 0.3) is 0 Å². The molecule has 6 aromatic rings. The maximum absolute atomic E-state index is 10.0. The van der Waals surface area contributed by atoms with Crippen molar-refractivity contribution in [3.05, 3.63) is 71.4 Å². The van der Waals surface area contributed by atoms with Gasteiger partial charge in [-0.3, -0.25) is 0 Å². The Morgan fingerprint density at radius 1 is 0.969 bits per heavy atom. The Hall–Kier alpha value is -3.64. The zero-order chi connectivity index (χ0) is 21.6. The molecule has 1 saturated carbocycles. The number of para-hydroxylation sites is 1. The molecule has 3 heteroatoms. The van der Waals surface area contributed by atoms with Crippen molar-refractivity contribution in [1.82, 2.24) is 4.40 Å². The average molecular weight is 415 g/mol. The van der Waals surface area contributed by atoms with Crippen molar-refractivity contribution >= 4 is 49.0 Å². The predicted molar refractivity (Wildman–Crippen MR) is 130 cm³/mol. The zero-order valence-corrected chi connectivity index (χ0v) is 18.4. The van der Waals surface area contributed by atoms with Gasteiger partial charge in [0.15, 0.2) is 6.20 Å². The zero-order valence-electron chi connectivity index (χ0n) is 18.4. The molecule has 3 aromatic heterocycles. The van der Waals surface area contributed by atoms with Crippen LogP contribution in [0.15, 0.2) is 54.7 Å². The van der Waals surface area contributed by atoms with E-state index in [0.717, 1.165) is 21.9 Å². The monoisotopic (exact) mass is 414 g/mol. The lowest BCUT2D eigenvalue weighted by Gasteiger charge is -2.16. The second-order valence-electron chi connectivity index (χ2n) is 9.56. The van der Waals surface area contributed by atoms with Gasteiger partial charge in [0, 0.05) is 16.8 Å². The first-order valence-corrected chi connectivity index (χ1v) is 11.6.